The first-order valence-corrected chi connectivity index (χ1v) is 22.2. The molecule has 0 spiro atoms. The minimum absolute atomic E-state index is 0.00931. The largest absolute Gasteiger partial charge is 0.481 e. The number of aromatic amines is 1. The number of carboxylic acids is 2. The van der Waals surface area contributed by atoms with Gasteiger partial charge in [0.25, 0.3) is 5.91 Å². The first-order valence-electron chi connectivity index (χ1n) is 22.2. The highest BCUT2D eigenvalue weighted by Crippen LogP contribution is 2.20. The molecule has 0 saturated heterocycles. The van der Waals surface area contributed by atoms with E-state index < -0.39 is 121 Å². The molecule has 25 N–H and O–H groups in total. The van der Waals surface area contributed by atoms with Crippen LogP contribution < -0.4 is 76.3 Å². The van der Waals surface area contributed by atoms with Crippen molar-refractivity contribution in [3.63, 3.8) is 0 Å². The second kappa shape index (κ2) is 28.6. The molecule has 1 aromatic heterocycles. The van der Waals surface area contributed by atoms with Crippen LogP contribution in [0.1, 0.15) is 77.7 Å². The van der Waals surface area contributed by atoms with Crippen molar-refractivity contribution in [1.29, 1.82) is 0 Å². The van der Waals surface area contributed by atoms with Crippen LogP contribution >= 0.6 is 0 Å². The fourth-order valence-electron chi connectivity index (χ4n) is 6.91. The van der Waals surface area contributed by atoms with Crippen molar-refractivity contribution in [1.82, 2.24) is 36.9 Å². The van der Waals surface area contributed by atoms with Gasteiger partial charge in [-0.25, -0.2) is 4.79 Å². The first kappa shape index (κ1) is 57.6. The third-order valence-electron chi connectivity index (χ3n) is 10.5. The number of guanidine groups is 2. The number of carbonyl (C=O) groups excluding carboxylic acids is 7. The zero-order valence-corrected chi connectivity index (χ0v) is 39.0. The Balaban J connectivity index is 2.42. The van der Waals surface area contributed by atoms with Crippen molar-refractivity contribution in [2.45, 2.75) is 127 Å². The Morgan fingerprint density at radius 1 is 0.652 bits per heavy atom. The average molecular weight is 977 g/mol. The van der Waals surface area contributed by atoms with E-state index in [4.69, 9.17) is 28.7 Å². The maximum Gasteiger partial charge on any atom is 0.338 e. The number of nitrogens with two attached hydrogens (primary N) is 5. The lowest BCUT2D eigenvalue weighted by Crippen LogP contribution is -2.78. The topological polar surface area (TPSA) is 488 Å². The second-order valence-electron chi connectivity index (χ2n) is 16.9. The number of rotatable bonds is 31. The highest BCUT2D eigenvalue weighted by atomic mass is 16.4. The second-order valence-corrected chi connectivity index (χ2v) is 16.9. The Labute approximate surface area is 397 Å². The highest BCUT2D eigenvalue weighted by molar-refractivity contribution is 5.98. The molecule has 0 aliphatic rings. The summed E-state index contributed by atoms with van der Waals surface area (Å²) in [5, 5.41) is 45.2. The van der Waals surface area contributed by atoms with Crippen molar-refractivity contribution in [2.75, 3.05) is 13.1 Å². The number of hydrogen-bond donors (Lipinski definition) is 18. The minimum atomic E-state index is -1.98. The van der Waals surface area contributed by atoms with Crippen molar-refractivity contribution >= 4 is 76.1 Å². The molecule has 27 nitrogen and oxygen atoms in total. The number of nitrogens with one attached hydrogen (secondary N) is 9. The zero-order chi connectivity index (χ0) is 52.0. The molecule has 1 aromatic carbocycles. The van der Waals surface area contributed by atoms with E-state index in [9.17, 15) is 58.5 Å². The lowest BCUT2D eigenvalue weighted by atomic mass is 10.0. The number of benzene rings is 1. The van der Waals surface area contributed by atoms with Gasteiger partial charge in [0.2, 0.25) is 35.4 Å². The van der Waals surface area contributed by atoms with Crippen LogP contribution in [0.4, 0.5) is 0 Å². The zero-order valence-electron chi connectivity index (χ0n) is 39.0. The van der Waals surface area contributed by atoms with Gasteiger partial charge in [0.15, 0.2) is 6.04 Å². The molecular weight excluding hydrogens is 907 g/mol. The van der Waals surface area contributed by atoms with E-state index >= 15 is 0 Å². The van der Waals surface area contributed by atoms with Crippen LogP contribution in [0.15, 0.2) is 30.5 Å². The van der Waals surface area contributed by atoms with Crippen LogP contribution in [-0.2, 0) is 49.6 Å². The monoisotopic (exact) mass is 977 g/mol. The van der Waals surface area contributed by atoms with E-state index in [0.29, 0.717) is 18.5 Å². The van der Waals surface area contributed by atoms with E-state index in [1.165, 1.54) is 0 Å². The molecule has 0 radical (unpaired) electrons. The number of aliphatic hydroxyl groups excluding tert-OH is 1. The standard InChI is InChI=1S/C42H67N15O12/c1-20(2)16-30(40(68)69)56-35(63)26(11-7-15-50-42(47)48)53-39(67)33(21(3)58)57-38(66)29(18-32(60)61)55-36(64)27(12-13-31(44)59)52-37(65)28(17-22-19-51-25-10-5-4-8-23(22)25)54-34(62)24(43)9-6-14-49-41(45)46/h4-5,8,10,19-21,24,26-30,33,51,58H,6-7,9,11-18,43H2,1-3H3,(H2,44,59)(H,52,65)(H,53,67)(H,54,62)(H,55,64)(H,56,63)(H,57,66)(H,60,61)(H,68,69)(H4,45,46,49)(H4,47,48,50)/p+3/t21-,24+,26+,27+,28+,29+,30+,33+/m1/s1. The van der Waals surface area contributed by atoms with Gasteiger partial charge in [-0.1, -0.05) is 32.0 Å². The lowest BCUT2D eigenvalue weighted by Gasteiger charge is -2.28. The van der Waals surface area contributed by atoms with Gasteiger partial charge < -0.3 is 63.7 Å². The average Bonchev–Trinajstić information content (AvgIpc) is 3.67. The predicted molar refractivity (Wildman–Crippen MR) is 247 cm³/mol. The van der Waals surface area contributed by atoms with Gasteiger partial charge in [-0.3, -0.25) is 71.3 Å². The van der Waals surface area contributed by atoms with Crippen molar-refractivity contribution in [3.8, 4) is 0 Å². The van der Waals surface area contributed by atoms with Crippen LogP contribution in [0, 0.1) is 5.92 Å². The molecule has 0 bridgehead atoms. The van der Waals surface area contributed by atoms with Crippen molar-refractivity contribution in [3.05, 3.63) is 36.0 Å². The molecule has 0 saturated carbocycles. The molecule has 1 heterocycles. The predicted octanol–water partition coefficient (Wildman–Crippen LogP) is -9.25. The normalized spacial score (nSPS) is 14.5. The number of primary amides is 1. The Morgan fingerprint density at radius 2 is 1.16 bits per heavy atom. The van der Waals surface area contributed by atoms with Gasteiger partial charge in [-0.05, 0) is 56.6 Å². The number of aliphatic hydroxyl groups is 1. The first-order chi connectivity index (χ1) is 32.4. The molecule has 8 atom stereocenters. The third-order valence-corrected chi connectivity index (χ3v) is 10.5. The van der Waals surface area contributed by atoms with Crippen molar-refractivity contribution in [2.24, 2.45) is 34.6 Å². The highest BCUT2D eigenvalue weighted by Gasteiger charge is 2.36. The summed E-state index contributed by atoms with van der Waals surface area (Å²) in [6, 6.07) is -3.38. The number of amides is 7. The molecule has 0 aliphatic carbocycles. The molecule has 382 valence electrons. The number of hydrogen-bond acceptors (Lipinski definition) is 10. The van der Waals surface area contributed by atoms with Gasteiger partial charge in [0.1, 0.15) is 36.3 Å². The fraction of sp³-hybridized carbons (Fsp3) is 0.548. The molecule has 0 aliphatic heterocycles. The lowest BCUT2D eigenvalue weighted by molar-refractivity contribution is -0.463. The van der Waals surface area contributed by atoms with Crippen LogP contribution in [0.2, 0.25) is 0 Å². The summed E-state index contributed by atoms with van der Waals surface area (Å²) in [5.41, 5.74) is 32.3. The number of aromatic nitrogens is 1. The summed E-state index contributed by atoms with van der Waals surface area (Å²) in [5.74, 6) is -10.2. The molecule has 27 heteroatoms. The summed E-state index contributed by atoms with van der Waals surface area (Å²) in [7, 11) is 0. The van der Waals surface area contributed by atoms with E-state index in [-0.39, 0.29) is 56.5 Å². The van der Waals surface area contributed by atoms with Gasteiger partial charge in [0.05, 0.1) is 25.6 Å². The molecular formula is C42H70N15O12+3. The van der Waals surface area contributed by atoms with Gasteiger partial charge >= 0.3 is 23.9 Å². The molecule has 69 heavy (non-hydrogen) atoms. The Bertz CT molecular complexity index is 2170. The number of para-hydroxylation sites is 1. The summed E-state index contributed by atoms with van der Waals surface area (Å²) in [4.78, 5) is 127. The van der Waals surface area contributed by atoms with Crippen LogP contribution in [0.3, 0.4) is 0 Å². The number of carboxylic acid groups (broad SMARTS) is 2. The third kappa shape index (κ3) is 20.9. The molecule has 2 rings (SSSR count). The summed E-state index contributed by atoms with van der Waals surface area (Å²) >= 11 is 0. The van der Waals surface area contributed by atoms with Crippen molar-refractivity contribution < 1.29 is 74.2 Å². The van der Waals surface area contributed by atoms with E-state index in [0.717, 1.165) is 17.8 Å². The number of quaternary nitrogens is 1. The molecule has 2 aromatic rings. The number of H-pyrrole nitrogens is 1. The Kier molecular flexibility index (Phi) is 23.9. The van der Waals surface area contributed by atoms with E-state index in [1.54, 1.807) is 44.3 Å². The smallest absolute Gasteiger partial charge is 0.338 e. The fourth-order valence-corrected chi connectivity index (χ4v) is 6.91. The number of aliphatic carboxylic acids is 2. The maximum atomic E-state index is 14.1. The van der Waals surface area contributed by atoms with Gasteiger partial charge in [0, 0.05) is 36.4 Å². The van der Waals surface area contributed by atoms with Gasteiger partial charge in [-0.2, -0.15) is 0 Å². The van der Waals surface area contributed by atoms with Gasteiger partial charge in [-0.15, -0.1) is 0 Å². The Hall–Kier alpha value is -7.55. The Morgan fingerprint density at radius 3 is 1.71 bits per heavy atom. The van der Waals surface area contributed by atoms with E-state index in [2.05, 4.69) is 52.6 Å². The summed E-state index contributed by atoms with van der Waals surface area (Å²) in [6.45, 7) is 5.04. The van der Waals surface area contributed by atoms with Crippen LogP contribution in [-0.4, -0.2) is 147 Å². The SMILES string of the molecule is CC(C)C[C@H](NC(=O)[C@H](CCC[NH+]=C(N)N)NC(=O)[C@@H](NC(=O)[C@H](CC(=O)O)NC(=O)[C@H](CCC(N)=O)NC(=O)[C@H](Cc1c[nH]c2ccccc12)NC(=O)[C@@H]([NH3+])CCC[NH+]=C(N)N)[C@@H](C)O)C(=O)O. The summed E-state index contributed by atoms with van der Waals surface area (Å²) < 4.78 is 0. The molecule has 7 amide bonds. The summed E-state index contributed by atoms with van der Waals surface area (Å²) in [6.07, 6.45) is -1.45. The molecule has 0 unspecified atom stereocenters. The van der Waals surface area contributed by atoms with Crippen LogP contribution in [0.25, 0.3) is 10.9 Å². The number of fused-ring (bicyclic) bond motifs is 1. The van der Waals surface area contributed by atoms with Crippen LogP contribution in [0.5, 0.6) is 0 Å². The van der Waals surface area contributed by atoms with E-state index in [1.807, 2.05) is 0 Å². The quantitative estimate of drug-likeness (QED) is 0.0190. The molecule has 0 fully saturated rings. The minimum Gasteiger partial charge on any atom is -0.481 e. The number of carbonyl (C=O) groups is 9. The maximum absolute atomic E-state index is 14.1.